The zero-order chi connectivity index (χ0) is 12.2. The van der Waals surface area contributed by atoms with E-state index in [1.54, 1.807) is 13.0 Å². The molecule has 7 heteroatoms. The van der Waals surface area contributed by atoms with Gasteiger partial charge in [0.05, 0.1) is 10.9 Å². The average molecular weight is 333 g/mol. The fraction of sp³-hybridized carbons (Fsp3) is 0.100. The molecule has 1 aromatic carbocycles. The maximum atomic E-state index is 6.06. The normalized spacial score (nSPS) is 11.5. The van der Waals surface area contributed by atoms with Crippen LogP contribution in [0.25, 0.3) is 22.0 Å². The maximum Gasteiger partial charge on any atom is 0.224 e. The smallest absolute Gasteiger partial charge is 0.224 e. The van der Waals surface area contributed by atoms with E-state index in [0.29, 0.717) is 27.9 Å². The fourth-order valence-electron chi connectivity index (χ4n) is 1.68. The number of fused-ring (bicyclic) bond motifs is 3. The van der Waals surface area contributed by atoms with Gasteiger partial charge in [0, 0.05) is 11.4 Å². The molecule has 4 nitrogen and oxygen atoms in total. The number of hydrogen-bond acceptors (Lipinski definition) is 4. The molecule has 0 bridgehead atoms. The van der Waals surface area contributed by atoms with Crippen molar-refractivity contribution in [2.24, 2.45) is 0 Å². The molecular weight excluding hydrogens is 329 g/mol. The van der Waals surface area contributed by atoms with Crippen LogP contribution in [0.1, 0.15) is 5.89 Å². The lowest BCUT2D eigenvalue weighted by Gasteiger charge is -2.01. The molecule has 17 heavy (non-hydrogen) atoms. The standard InChI is InChI=1S/C10H4BrCl2N3O/c1-3-14-7-4(11)2-5-6(8(7)17-3)9(12)16-10(13)15-5/h2H,1H3. The Kier molecular flexibility index (Phi) is 2.50. The minimum absolute atomic E-state index is 0.102. The summed E-state index contributed by atoms with van der Waals surface area (Å²) in [5.41, 5.74) is 1.88. The van der Waals surface area contributed by atoms with Crippen molar-refractivity contribution in [3.05, 3.63) is 26.9 Å². The van der Waals surface area contributed by atoms with Crippen LogP contribution in [-0.4, -0.2) is 15.0 Å². The van der Waals surface area contributed by atoms with Crippen molar-refractivity contribution in [2.75, 3.05) is 0 Å². The predicted octanol–water partition coefficient (Wildman–Crippen LogP) is 4.15. The van der Waals surface area contributed by atoms with Gasteiger partial charge in [0.25, 0.3) is 0 Å². The summed E-state index contributed by atoms with van der Waals surface area (Å²) < 4.78 is 6.31. The first-order chi connectivity index (χ1) is 8.06. The summed E-state index contributed by atoms with van der Waals surface area (Å²) in [5.74, 6) is 0.555. The molecule has 0 aliphatic heterocycles. The monoisotopic (exact) mass is 331 g/mol. The summed E-state index contributed by atoms with van der Waals surface area (Å²) in [5, 5.41) is 0.980. The van der Waals surface area contributed by atoms with E-state index in [4.69, 9.17) is 27.6 Å². The number of benzene rings is 1. The Hall–Kier alpha value is -0.910. The van der Waals surface area contributed by atoms with Gasteiger partial charge in [-0.05, 0) is 33.6 Å². The summed E-state index contributed by atoms with van der Waals surface area (Å²) in [6.07, 6.45) is 0. The molecule has 0 saturated carbocycles. The Labute approximate surface area is 114 Å². The lowest BCUT2D eigenvalue weighted by molar-refractivity contribution is 0.563. The highest BCUT2D eigenvalue weighted by Crippen LogP contribution is 2.34. The van der Waals surface area contributed by atoms with Crippen molar-refractivity contribution in [2.45, 2.75) is 6.92 Å². The Bertz CT molecular complexity index is 756. The van der Waals surface area contributed by atoms with Crippen molar-refractivity contribution in [1.82, 2.24) is 15.0 Å². The zero-order valence-electron chi connectivity index (χ0n) is 8.46. The van der Waals surface area contributed by atoms with E-state index in [-0.39, 0.29) is 10.4 Å². The maximum absolute atomic E-state index is 6.06. The Morgan fingerprint density at radius 3 is 2.76 bits per heavy atom. The second-order valence-electron chi connectivity index (χ2n) is 3.45. The molecule has 0 N–H and O–H groups in total. The van der Waals surface area contributed by atoms with Crippen molar-refractivity contribution >= 4 is 61.1 Å². The van der Waals surface area contributed by atoms with Crippen LogP contribution in [0.5, 0.6) is 0 Å². The molecule has 0 atom stereocenters. The molecule has 2 aromatic heterocycles. The predicted molar refractivity (Wildman–Crippen MR) is 69.6 cm³/mol. The third-order valence-electron chi connectivity index (χ3n) is 2.32. The molecule has 0 unspecified atom stereocenters. The topological polar surface area (TPSA) is 51.8 Å². The fourth-order valence-corrected chi connectivity index (χ4v) is 2.65. The van der Waals surface area contributed by atoms with E-state index in [2.05, 4.69) is 30.9 Å². The lowest BCUT2D eigenvalue weighted by Crippen LogP contribution is -1.88. The summed E-state index contributed by atoms with van der Waals surface area (Å²) in [6, 6.07) is 1.79. The quantitative estimate of drug-likeness (QED) is 0.458. The minimum Gasteiger partial charge on any atom is -0.440 e. The van der Waals surface area contributed by atoms with E-state index in [1.807, 2.05) is 0 Å². The van der Waals surface area contributed by atoms with Crippen molar-refractivity contribution in [3.63, 3.8) is 0 Å². The van der Waals surface area contributed by atoms with E-state index in [1.165, 1.54) is 0 Å². The zero-order valence-corrected chi connectivity index (χ0v) is 11.6. The Morgan fingerprint density at radius 1 is 1.24 bits per heavy atom. The number of oxazole rings is 1. The van der Waals surface area contributed by atoms with Gasteiger partial charge in [-0.2, -0.15) is 0 Å². The van der Waals surface area contributed by atoms with Crippen molar-refractivity contribution in [1.29, 1.82) is 0 Å². The Morgan fingerprint density at radius 2 is 2.00 bits per heavy atom. The number of hydrogen-bond donors (Lipinski definition) is 0. The number of nitrogens with zero attached hydrogens (tertiary/aromatic N) is 3. The van der Waals surface area contributed by atoms with Crippen LogP contribution < -0.4 is 0 Å². The summed E-state index contributed by atoms with van der Waals surface area (Å²) in [7, 11) is 0. The van der Waals surface area contributed by atoms with Crippen LogP contribution in [-0.2, 0) is 0 Å². The molecule has 0 aliphatic rings. The summed E-state index contributed by atoms with van der Waals surface area (Å²) >= 11 is 15.2. The molecule has 3 aromatic rings. The van der Waals surface area contributed by atoms with Gasteiger partial charge in [-0.3, -0.25) is 0 Å². The molecule has 0 amide bonds. The molecule has 0 fully saturated rings. The second-order valence-corrected chi connectivity index (χ2v) is 5.00. The third-order valence-corrected chi connectivity index (χ3v) is 3.36. The highest BCUT2D eigenvalue weighted by Gasteiger charge is 2.16. The van der Waals surface area contributed by atoms with E-state index in [0.717, 1.165) is 4.47 Å². The van der Waals surface area contributed by atoms with Gasteiger partial charge in [-0.15, -0.1) is 0 Å². The van der Waals surface area contributed by atoms with Gasteiger partial charge in [0.15, 0.2) is 11.5 Å². The lowest BCUT2D eigenvalue weighted by atomic mass is 10.2. The first-order valence-electron chi connectivity index (χ1n) is 4.64. The molecule has 0 aliphatic carbocycles. The van der Waals surface area contributed by atoms with Crippen molar-refractivity contribution < 1.29 is 4.42 Å². The number of halogens is 3. The minimum atomic E-state index is 0.102. The largest absolute Gasteiger partial charge is 0.440 e. The first kappa shape index (κ1) is 11.2. The molecule has 0 radical (unpaired) electrons. The third kappa shape index (κ3) is 1.69. The average Bonchev–Trinajstić information content (AvgIpc) is 2.58. The van der Waals surface area contributed by atoms with E-state index < -0.39 is 0 Å². The van der Waals surface area contributed by atoms with Gasteiger partial charge in [-0.25, -0.2) is 15.0 Å². The number of aromatic nitrogens is 3. The van der Waals surface area contributed by atoms with Crippen LogP contribution in [0.4, 0.5) is 0 Å². The number of rotatable bonds is 0. The van der Waals surface area contributed by atoms with Crippen LogP contribution in [0, 0.1) is 6.92 Å². The van der Waals surface area contributed by atoms with Gasteiger partial charge < -0.3 is 4.42 Å². The van der Waals surface area contributed by atoms with E-state index in [9.17, 15) is 0 Å². The molecule has 0 spiro atoms. The van der Waals surface area contributed by atoms with Crippen LogP contribution >= 0.6 is 39.1 Å². The van der Waals surface area contributed by atoms with Crippen LogP contribution in [0.3, 0.4) is 0 Å². The molecule has 3 rings (SSSR count). The second kappa shape index (κ2) is 3.80. The molecule has 86 valence electrons. The van der Waals surface area contributed by atoms with Gasteiger partial charge >= 0.3 is 0 Å². The van der Waals surface area contributed by atoms with Gasteiger partial charge in [0.2, 0.25) is 5.28 Å². The van der Waals surface area contributed by atoms with E-state index >= 15 is 0 Å². The molecule has 2 heterocycles. The number of aryl methyl sites for hydroxylation is 1. The summed E-state index contributed by atoms with van der Waals surface area (Å²) in [4.78, 5) is 12.3. The molecular formula is C10H4BrCl2N3O. The summed E-state index contributed by atoms with van der Waals surface area (Å²) in [6.45, 7) is 1.77. The highest BCUT2D eigenvalue weighted by molar-refractivity contribution is 9.10. The van der Waals surface area contributed by atoms with Gasteiger partial charge in [0.1, 0.15) is 10.7 Å². The SMILES string of the molecule is Cc1nc2c(Br)cc3nc(Cl)nc(Cl)c3c2o1. The highest BCUT2D eigenvalue weighted by atomic mass is 79.9. The van der Waals surface area contributed by atoms with Crippen molar-refractivity contribution in [3.8, 4) is 0 Å². The first-order valence-corrected chi connectivity index (χ1v) is 6.19. The van der Waals surface area contributed by atoms with Gasteiger partial charge in [-0.1, -0.05) is 11.6 Å². The van der Waals surface area contributed by atoms with Crippen LogP contribution in [0.15, 0.2) is 15.0 Å². The van der Waals surface area contributed by atoms with Crippen LogP contribution in [0.2, 0.25) is 10.4 Å². The molecule has 0 saturated heterocycles. The Balaban J connectivity index is 2.62.